The molecule has 0 aliphatic heterocycles. The van der Waals surface area contributed by atoms with Gasteiger partial charge in [-0.2, -0.15) is 0 Å². The Labute approximate surface area is 78.3 Å². The number of nitrogens with zero attached hydrogens (tertiary/aromatic N) is 1. The Hall–Kier alpha value is -1.10. The maximum Gasteiger partial charge on any atom is 0.241 e. The van der Waals surface area contributed by atoms with Crippen LogP contribution in [0, 0.1) is 0 Å². The van der Waals surface area contributed by atoms with Gasteiger partial charge >= 0.3 is 0 Å². The number of hydrogen-bond donors (Lipinski definition) is 2. The van der Waals surface area contributed by atoms with Crippen molar-refractivity contribution in [3.05, 3.63) is 0 Å². The minimum atomic E-state index is -0.314. The average Bonchev–Trinajstić information content (AvgIpc) is 2.11. The number of carbonyl (C=O) groups is 2. The predicted octanol–water partition coefficient (Wildman–Crippen LogP) is -1.07. The van der Waals surface area contributed by atoms with Gasteiger partial charge in [-0.05, 0) is 13.8 Å². The van der Waals surface area contributed by atoms with E-state index in [0.29, 0.717) is 0 Å². The molecule has 0 aliphatic carbocycles. The Morgan fingerprint density at radius 2 is 2.00 bits per heavy atom. The van der Waals surface area contributed by atoms with Crippen LogP contribution in [0.25, 0.3) is 0 Å². The molecule has 2 amide bonds. The fourth-order valence-corrected chi connectivity index (χ4v) is 0.659. The molecule has 0 bridgehead atoms. The molecule has 0 radical (unpaired) electrons. The van der Waals surface area contributed by atoms with Crippen LogP contribution < -0.4 is 11.1 Å². The fourth-order valence-electron chi connectivity index (χ4n) is 0.659. The number of nitrogens with two attached hydrogens (primary N) is 1. The number of carbonyl (C=O) groups excluding carboxylic acids is 2. The lowest BCUT2D eigenvalue weighted by Crippen LogP contribution is -2.42. The smallest absolute Gasteiger partial charge is 0.241 e. The van der Waals surface area contributed by atoms with E-state index in [4.69, 9.17) is 5.73 Å². The lowest BCUT2D eigenvalue weighted by molar-refractivity contribution is -0.132. The second-order valence-corrected chi connectivity index (χ2v) is 3.08. The van der Waals surface area contributed by atoms with Crippen LogP contribution in [0.5, 0.6) is 0 Å². The van der Waals surface area contributed by atoms with Gasteiger partial charge in [-0.25, -0.2) is 0 Å². The van der Waals surface area contributed by atoms with Crippen molar-refractivity contribution in [2.75, 3.05) is 20.1 Å². The van der Waals surface area contributed by atoms with Crippen molar-refractivity contribution in [3.63, 3.8) is 0 Å². The molecular formula is C8H17N3O2. The Morgan fingerprint density at radius 1 is 1.46 bits per heavy atom. The Balaban J connectivity index is 3.81. The molecule has 0 aromatic rings. The lowest BCUT2D eigenvalue weighted by atomic mass is 10.3. The second-order valence-electron chi connectivity index (χ2n) is 3.08. The van der Waals surface area contributed by atoms with Crippen molar-refractivity contribution in [2.45, 2.75) is 19.9 Å². The molecule has 5 heteroatoms. The molecule has 0 aromatic carbocycles. The second kappa shape index (κ2) is 5.53. The molecule has 76 valence electrons. The number of nitrogens with one attached hydrogen (secondary N) is 1. The average molecular weight is 187 g/mol. The number of rotatable bonds is 4. The molecule has 0 heterocycles. The third-order valence-electron chi connectivity index (χ3n) is 1.79. The first-order valence-electron chi connectivity index (χ1n) is 4.21. The molecule has 0 saturated heterocycles. The van der Waals surface area contributed by atoms with Crippen molar-refractivity contribution in [1.82, 2.24) is 10.2 Å². The van der Waals surface area contributed by atoms with Gasteiger partial charge in [-0.15, -0.1) is 0 Å². The maximum atomic E-state index is 11.3. The zero-order chi connectivity index (χ0) is 10.4. The van der Waals surface area contributed by atoms with Gasteiger partial charge in [0.05, 0.1) is 13.1 Å². The summed E-state index contributed by atoms with van der Waals surface area (Å²) in [6.07, 6.45) is 0. The summed E-state index contributed by atoms with van der Waals surface area (Å²) in [5, 5.41) is 2.41. The van der Waals surface area contributed by atoms with Crippen LogP contribution in [0.1, 0.15) is 13.8 Å². The third-order valence-corrected chi connectivity index (χ3v) is 1.79. The first-order valence-corrected chi connectivity index (χ1v) is 4.21. The SMILES string of the molecule is CC(C)N(C)C(=O)CNC(=O)CN. The molecule has 0 spiro atoms. The van der Waals surface area contributed by atoms with E-state index < -0.39 is 0 Å². The molecule has 0 rings (SSSR count). The van der Waals surface area contributed by atoms with Crippen LogP contribution in [0.15, 0.2) is 0 Å². The van der Waals surface area contributed by atoms with Gasteiger partial charge in [0, 0.05) is 13.1 Å². The zero-order valence-electron chi connectivity index (χ0n) is 8.33. The first-order chi connectivity index (χ1) is 5.99. The Morgan fingerprint density at radius 3 is 2.38 bits per heavy atom. The van der Waals surface area contributed by atoms with Gasteiger partial charge < -0.3 is 16.0 Å². The highest BCUT2D eigenvalue weighted by molar-refractivity contribution is 5.85. The zero-order valence-corrected chi connectivity index (χ0v) is 8.33. The molecule has 0 atom stereocenters. The van der Waals surface area contributed by atoms with Gasteiger partial charge in [0.15, 0.2) is 0 Å². The molecular weight excluding hydrogens is 170 g/mol. The van der Waals surface area contributed by atoms with E-state index in [9.17, 15) is 9.59 Å². The highest BCUT2D eigenvalue weighted by Crippen LogP contribution is 1.92. The highest BCUT2D eigenvalue weighted by atomic mass is 16.2. The van der Waals surface area contributed by atoms with E-state index in [2.05, 4.69) is 5.32 Å². The van der Waals surface area contributed by atoms with E-state index in [1.807, 2.05) is 13.8 Å². The first kappa shape index (κ1) is 11.9. The van der Waals surface area contributed by atoms with Crippen LogP contribution in [-0.2, 0) is 9.59 Å². The van der Waals surface area contributed by atoms with Crippen molar-refractivity contribution >= 4 is 11.8 Å². The quantitative estimate of drug-likeness (QED) is 0.588. The Bertz CT molecular complexity index is 192. The summed E-state index contributed by atoms with van der Waals surface area (Å²) in [4.78, 5) is 23.5. The van der Waals surface area contributed by atoms with E-state index in [1.165, 1.54) is 0 Å². The summed E-state index contributed by atoms with van der Waals surface area (Å²) < 4.78 is 0. The van der Waals surface area contributed by atoms with Crippen LogP contribution in [0.3, 0.4) is 0 Å². The standard InChI is InChI=1S/C8H17N3O2/c1-6(2)11(3)8(13)5-10-7(12)4-9/h6H,4-5,9H2,1-3H3,(H,10,12). The van der Waals surface area contributed by atoms with Crippen molar-refractivity contribution in [2.24, 2.45) is 5.73 Å². The highest BCUT2D eigenvalue weighted by Gasteiger charge is 2.11. The van der Waals surface area contributed by atoms with Gasteiger partial charge in [0.1, 0.15) is 0 Å². The van der Waals surface area contributed by atoms with Crippen LogP contribution in [0.4, 0.5) is 0 Å². The minimum Gasteiger partial charge on any atom is -0.346 e. The van der Waals surface area contributed by atoms with E-state index in [-0.39, 0.29) is 30.9 Å². The topological polar surface area (TPSA) is 75.4 Å². The number of likely N-dealkylation sites (N-methyl/N-ethyl adjacent to an activating group) is 1. The largest absolute Gasteiger partial charge is 0.346 e. The molecule has 0 unspecified atom stereocenters. The van der Waals surface area contributed by atoms with E-state index >= 15 is 0 Å². The molecule has 0 fully saturated rings. The fraction of sp³-hybridized carbons (Fsp3) is 0.750. The van der Waals surface area contributed by atoms with E-state index in [1.54, 1.807) is 11.9 Å². The summed E-state index contributed by atoms with van der Waals surface area (Å²) in [5.41, 5.74) is 5.06. The normalized spacial score (nSPS) is 9.92. The summed E-state index contributed by atoms with van der Waals surface area (Å²) >= 11 is 0. The predicted molar refractivity (Wildman–Crippen MR) is 50.0 cm³/mol. The number of hydrogen-bond acceptors (Lipinski definition) is 3. The van der Waals surface area contributed by atoms with E-state index in [0.717, 1.165) is 0 Å². The van der Waals surface area contributed by atoms with Crippen LogP contribution >= 0.6 is 0 Å². The van der Waals surface area contributed by atoms with Gasteiger partial charge in [-0.1, -0.05) is 0 Å². The van der Waals surface area contributed by atoms with Crippen molar-refractivity contribution in [3.8, 4) is 0 Å². The lowest BCUT2D eigenvalue weighted by Gasteiger charge is -2.21. The van der Waals surface area contributed by atoms with Crippen molar-refractivity contribution in [1.29, 1.82) is 0 Å². The summed E-state index contributed by atoms with van der Waals surface area (Å²) in [5.74, 6) is -0.428. The summed E-state index contributed by atoms with van der Waals surface area (Å²) in [6, 6.07) is 0.141. The monoisotopic (exact) mass is 187 g/mol. The number of amides is 2. The summed E-state index contributed by atoms with van der Waals surface area (Å²) in [6.45, 7) is 3.74. The maximum absolute atomic E-state index is 11.3. The summed E-state index contributed by atoms with van der Waals surface area (Å²) in [7, 11) is 1.70. The molecule has 5 nitrogen and oxygen atoms in total. The molecule has 13 heavy (non-hydrogen) atoms. The third kappa shape index (κ3) is 4.47. The van der Waals surface area contributed by atoms with Crippen molar-refractivity contribution < 1.29 is 9.59 Å². The van der Waals surface area contributed by atoms with Crippen LogP contribution in [0.2, 0.25) is 0 Å². The molecule has 0 aliphatic rings. The minimum absolute atomic E-state index is 0.0186. The van der Waals surface area contributed by atoms with Gasteiger partial charge in [0.25, 0.3) is 0 Å². The van der Waals surface area contributed by atoms with Gasteiger partial charge in [-0.3, -0.25) is 9.59 Å². The molecule has 0 saturated carbocycles. The Kier molecular flexibility index (Phi) is 5.06. The van der Waals surface area contributed by atoms with Crippen LogP contribution in [-0.4, -0.2) is 42.9 Å². The molecule has 0 aromatic heterocycles. The van der Waals surface area contributed by atoms with Gasteiger partial charge in [0.2, 0.25) is 11.8 Å². The molecule has 3 N–H and O–H groups in total.